The van der Waals surface area contributed by atoms with E-state index in [1.807, 2.05) is 6.07 Å². The van der Waals surface area contributed by atoms with Gasteiger partial charge in [-0.05, 0) is 42.5 Å². The van der Waals surface area contributed by atoms with Crippen molar-refractivity contribution < 1.29 is 14.0 Å². The Labute approximate surface area is 154 Å². The minimum atomic E-state index is -0.587. The predicted molar refractivity (Wildman–Crippen MR) is 99.4 cm³/mol. The van der Waals surface area contributed by atoms with Gasteiger partial charge in [0.2, 0.25) is 0 Å². The number of rotatable bonds is 3. The Bertz CT molecular complexity index is 1090. The van der Waals surface area contributed by atoms with Gasteiger partial charge in [0.25, 0.3) is 11.5 Å². The van der Waals surface area contributed by atoms with E-state index in [1.165, 1.54) is 29.2 Å². The van der Waals surface area contributed by atoms with E-state index < -0.39 is 23.3 Å². The monoisotopic (exact) mass is 364 g/mol. The summed E-state index contributed by atoms with van der Waals surface area (Å²) in [6.07, 6.45) is 1.27. The number of carbonyl (C=O) groups excluding carboxylic acids is 2. The highest BCUT2D eigenvalue weighted by Gasteiger charge is 2.35. The van der Waals surface area contributed by atoms with Gasteiger partial charge in [0.15, 0.2) is 5.78 Å². The van der Waals surface area contributed by atoms with Crippen LogP contribution < -0.4 is 5.56 Å². The van der Waals surface area contributed by atoms with Gasteiger partial charge >= 0.3 is 0 Å². The molecule has 1 aliphatic heterocycles. The van der Waals surface area contributed by atoms with Crippen LogP contribution in [0.15, 0.2) is 59.4 Å². The molecule has 4 rings (SSSR count). The molecule has 1 aliphatic rings. The summed E-state index contributed by atoms with van der Waals surface area (Å²) in [4.78, 5) is 42.2. The molecular formula is C21H17FN2O3. The molecule has 136 valence electrons. The van der Waals surface area contributed by atoms with Crippen molar-refractivity contribution in [1.29, 1.82) is 0 Å². The van der Waals surface area contributed by atoms with Crippen LogP contribution in [0.5, 0.6) is 0 Å². The molecular weight excluding hydrogens is 347 g/mol. The number of benzene rings is 2. The number of nitrogens with one attached hydrogen (secondary N) is 1. The quantitative estimate of drug-likeness (QED) is 0.726. The number of Topliss-reactive ketones (excluding diaryl/α,β-unsaturated/α-hetero) is 1. The average molecular weight is 364 g/mol. The molecule has 0 saturated carbocycles. The number of fused-ring (bicyclic) bond motifs is 1. The van der Waals surface area contributed by atoms with Gasteiger partial charge in [-0.1, -0.05) is 30.3 Å². The molecule has 27 heavy (non-hydrogen) atoms. The highest BCUT2D eigenvalue weighted by atomic mass is 19.1. The third-order valence-electron chi connectivity index (χ3n) is 4.91. The Morgan fingerprint density at radius 1 is 1.07 bits per heavy atom. The van der Waals surface area contributed by atoms with Gasteiger partial charge in [-0.3, -0.25) is 14.4 Å². The smallest absolute Gasteiger partial charge is 0.261 e. The molecule has 1 atom stereocenters. The van der Waals surface area contributed by atoms with Crippen molar-refractivity contribution >= 4 is 22.6 Å². The zero-order valence-electron chi connectivity index (χ0n) is 14.4. The second-order valence-electron chi connectivity index (χ2n) is 6.63. The number of nitrogens with zero attached hydrogens (tertiary/aromatic N) is 1. The first-order valence-electron chi connectivity index (χ1n) is 8.77. The van der Waals surface area contributed by atoms with Crippen LogP contribution in [0.2, 0.25) is 0 Å². The van der Waals surface area contributed by atoms with Gasteiger partial charge < -0.3 is 9.88 Å². The number of amides is 1. The zero-order chi connectivity index (χ0) is 19.0. The van der Waals surface area contributed by atoms with Gasteiger partial charge in [-0.15, -0.1) is 0 Å². The van der Waals surface area contributed by atoms with Crippen molar-refractivity contribution in [2.24, 2.45) is 0 Å². The maximum Gasteiger partial charge on any atom is 0.261 e. The first-order chi connectivity index (χ1) is 13.0. The van der Waals surface area contributed by atoms with Crippen LogP contribution in [-0.2, 0) is 0 Å². The van der Waals surface area contributed by atoms with Gasteiger partial charge in [0, 0.05) is 12.1 Å². The van der Waals surface area contributed by atoms with Gasteiger partial charge in [0.1, 0.15) is 11.4 Å². The summed E-state index contributed by atoms with van der Waals surface area (Å²) in [6, 6.07) is 13.7. The minimum absolute atomic E-state index is 0.0399. The Morgan fingerprint density at radius 3 is 2.63 bits per heavy atom. The van der Waals surface area contributed by atoms with Crippen LogP contribution >= 0.6 is 0 Å². The molecule has 1 unspecified atom stereocenters. The fourth-order valence-corrected chi connectivity index (χ4v) is 3.56. The second-order valence-corrected chi connectivity index (χ2v) is 6.63. The average Bonchev–Trinajstić information content (AvgIpc) is 3.16. The standard InChI is InChI=1S/C21H17FN2O3/c22-15-9-8-14-11-16(20(26)23-17(14)12-15)21(27)24-10-4-7-18(24)19(25)13-5-2-1-3-6-13/h1-3,5-6,8-9,11-12,18H,4,7,10H2,(H,23,26). The molecule has 1 saturated heterocycles. The highest BCUT2D eigenvalue weighted by molar-refractivity contribution is 6.05. The summed E-state index contributed by atoms with van der Waals surface area (Å²) < 4.78 is 13.3. The number of halogens is 1. The zero-order valence-corrected chi connectivity index (χ0v) is 14.4. The van der Waals surface area contributed by atoms with E-state index in [4.69, 9.17) is 0 Å². The Balaban J connectivity index is 1.68. The largest absolute Gasteiger partial charge is 0.328 e. The Kier molecular flexibility index (Phi) is 4.32. The second kappa shape index (κ2) is 6.79. The number of aromatic amines is 1. The number of aromatic nitrogens is 1. The Hall–Kier alpha value is -3.28. The van der Waals surface area contributed by atoms with E-state index in [0.29, 0.717) is 35.9 Å². The summed E-state index contributed by atoms with van der Waals surface area (Å²) in [5, 5.41) is 0.560. The topological polar surface area (TPSA) is 70.2 Å². The summed E-state index contributed by atoms with van der Waals surface area (Å²) in [6.45, 7) is 0.420. The lowest BCUT2D eigenvalue weighted by Gasteiger charge is -2.23. The minimum Gasteiger partial charge on any atom is -0.328 e. The number of hydrogen-bond donors (Lipinski definition) is 1. The molecule has 6 heteroatoms. The van der Waals surface area contributed by atoms with Crippen LogP contribution in [0.4, 0.5) is 4.39 Å². The van der Waals surface area contributed by atoms with Crippen molar-refractivity contribution in [3.63, 3.8) is 0 Å². The molecule has 1 amide bonds. The number of likely N-dealkylation sites (tertiary alicyclic amines) is 1. The van der Waals surface area contributed by atoms with Crippen molar-refractivity contribution in [1.82, 2.24) is 9.88 Å². The van der Waals surface area contributed by atoms with Crippen molar-refractivity contribution in [3.8, 4) is 0 Å². The molecule has 0 spiro atoms. The number of hydrogen-bond acceptors (Lipinski definition) is 3. The van der Waals surface area contributed by atoms with Crippen LogP contribution in [0, 0.1) is 5.82 Å². The maximum absolute atomic E-state index is 13.3. The van der Waals surface area contributed by atoms with E-state index in [1.54, 1.807) is 24.3 Å². The summed E-state index contributed by atoms with van der Waals surface area (Å²) in [5.41, 5.74) is 0.248. The Morgan fingerprint density at radius 2 is 1.85 bits per heavy atom. The third-order valence-corrected chi connectivity index (χ3v) is 4.91. The number of ketones is 1. The van der Waals surface area contributed by atoms with Crippen LogP contribution in [0.3, 0.4) is 0 Å². The third kappa shape index (κ3) is 3.14. The van der Waals surface area contributed by atoms with Crippen LogP contribution in [0.25, 0.3) is 10.9 Å². The van der Waals surface area contributed by atoms with Gasteiger partial charge in [-0.2, -0.15) is 0 Å². The normalized spacial score (nSPS) is 16.6. The molecule has 2 heterocycles. The van der Waals surface area contributed by atoms with E-state index in [0.717, 1.165) is 0 Å². The van der Waals surface area contributed by atoms with Crippen molar-refractivity contribution in [3.05, 3.63) is 81.9 Å². The van der Waals surface area contributed by atoms with Crippen molar-refractivity contribution in [2.75, 3.05) is 6.54 Å². The SMILES string of the molecule is O=C(c1ccccc1)C1CCCN1C(=O)c1cc2ccc(F)cc2[nH]c1=O. The van der Waals surface area contributed by atoms with Crippen LogP contribution in [-0.4, -0.2) is 34.2 Å². The lowest BCUT2D eigenvalue weighted by Crippen LogP contribution is -2.42. The molecule has 1 aromatic heterocycles. The molecule has 5 nitrogen and oxygen atoms in total. The molecule has 0 aliphatic carbocycles. The summed E-state index contributed by atoms with van der Waals surface area (Å²) in [5.74, 6) is -1.07. The summed E-state index contributed by atoms with van der Waals surface area (Å²) >= 11 is 0. The first-order valence-corrected chi connectivity index (χ1v) is 8.77. The lowest BCUT2D eigenvalue weighted by molar-refractivity contribution is 0.0670. The lowest BCUT2D eigenvalue weighted by atomic mass is 10.0. The summed E-state index contributed by atoms with van der Waals surface area (Å²) in [7, 11) is 0. The number of pyridine rings is 1. The number of H-pyrrole nitrogens is 1. The number of carbonyl (C=O) groups is 2. The first kappa shape index (κ1) is 17.1. The molecule has 0 radical (unpaired) electrons. The fraction of sp³-hybridized carbons (Fsp3) is 0.190. The molecule has 2 aromatic carbocycles. The molecule has 0 bridgehead atoms. The molecule has 3 aromatic rings. The van der Waals surface area contributed by atoms with Gasteiger partial charge in [0.05, 0.1) is 11.6 Å². The molecule has 1 fully saturated rings. The van der Waals surface area contributed by atoms with Crippen molar-refractivity contribution in [2.45, 2.75) is 18.9 Å². The van der Waals surface area contributed by atoms with Gasteiger partial charge in [-0.25, -0.2) is 4.39 Å². The van der Waals surface area contributed by atoms with E-state index in [-0.39, 0.29) is 11.3 Å². The van der Waals surface area contributed by atoms with E-state index >= 15 is 0 Å². The van der Waals surface area contributed by atoms with Crippen LogP contribution in [0.1, 0.15) is 33.6 Å². The highest BCUT2D eigenvalue weighted by Crippen LogP contribution is 2.23. The maximum atomic E-state index is 13.3. The van der Waals surface area contributed by atoms with E-state index in [9.17, 15) is 18.8 Å². The predicted octanol–water partition coefficient (Wildman–Crippen LogP) is 3.15. The van der Waals surface area contributed by atoms with E-state index in [2.05, 4.69) is 4.98 Å². The molecule has 1 N–H and O–H groups in total. The fourth-order valence-electron chi connectivity index (χ4n) is 3.56.